The minimum Gasteiger partial charge on any atom is -0.298 e. The molecule has 0 spiro atoms. The second kappa shape index (κ2) is 7.72. The summed E-state index contributed by atoms with van der Waals surface area (Å²) in [7, 11) is 0. The Morgan fingerprint density at radius 3 is 2.18 bits per heavy atom. The number of benzene rings is 3. The predicted molar refractivity (Wildman–Crippen MR) is 114 cm³/mol. The standard InChI is InChI=1S/C21H12Cl2N2O2S/c22-15-10-11-16-18(17(15)23)24-21(28-16)25-20(27)14-8-6-13(7-9-14)19(26)12-4-2-1-3-5-12/h1-11H,(H,24,25,27). The van der Waals surface area contributed by atoms with Gasteiger partial charge in [0.05, 0.1) is 14.7 Å². The number of nitrogens with one attached hydrogen (secondary N) is 1. The van der Waals surface area contributed by atoms with Crippen molar-refractivity contribution in [2.75, 3.05) is 5.32 Å². The van der Waals surface area contributed by atoms with Gasteiger partial charge >= 0.3 is 0 Å². The van der Waals surface area contributed by atoms with Gasteiger partial charge in [0.2, 0.25) is 0 Å². The molecule has 138 valence electrons. The van der Waals surface area contributed by atoms with Gasteiger partial charge in [-0.25, -0.2) is 4.98 Å². The number of nitrogens with zero attached hydrogens (tertiary/aromatic N) is 1. The molecule has 0 bridgehead atoms. The maximum absolute atomic E-state index is 12.5. The molecule has 4 rings (SSSR count). The van der Waals surface area contributed by atoms with Crippen molar-refractivity contribution in [1.29, 1.82) is 0 Å². The van der Waals surface area contributed by atoms with E-state index in [9.17, 15) is 9.59 Å². The van der Waals surface area contributed by atoms with E-state index in [2.05, 4.69) is 10.3 Å². The van der Waals surface area contributed by atoms with Gasteiger partial charge in [0.1, 0.15) is 5.52 Å². The molecular formula is C21H12Cl2N2O2S. The van der Waals surface area contributed by atoms with E-state index in [1.54, 1.807) is 48.5 Å². The Balaban J connectivity index is 1.53. The van der Waals surface area contributed by atoms with Gasteiger partial charge in [-0.3, -0.25) is 14.9 Å². The number of aromatic nitrogens is 1. The van der Waals surface area contributed by atoms with Crippen LogP contribution in [0.15, 0.2) is 66.7 Å². The zero-order chi connectivity index (χ0) is 19.7. The Kier molecular flexibility index (Phi) is 5.13. The number of hydrogen-bond donors (Lipinski definition) is 1. The monoisotopic (exact) mass is 426 g/mol. The van der Waals surface area contributed by atoms with Gasteiger partial charge in [-0.2, -0.15) is 0 Å². The Bertz CT molecular complexity index is 1190. The number of hydrogen-bond acceptors (Lipinski definition) is 4. The average molecular weight is 427 g/mol. The van der Waals surface area contributed by atoms with E-state index in [4.69, 9.17) is 23.2 Å². The Labute approximate surface area is 174 Å². The van der Waals surface area contributed by atoms with Gasteiger partial charge in [-0.15, -0.1) is 0 Å². The van der Waals surface area contributed by atoms with Gasteiger partial charge in [0.15, 0.2) is 10.9 Å². The van der Waals surface area contributed by atoms with Crippen LogP contribution in [0.25, 0.3) is 10.2 Å². The smallest absolute Gasteiger partial charge is 0.257 e. The molecule has 4 nitrogen and oxygen atoms in total. The zero-order valence-corrected chi connectivity index (χ0v) is 16.6. The molecule has 0 aliphatic rings. The number of halogens is 2. The molecule has 0 saturated carbocycles. The lowest BCUT2D eigenvalue weighted by atomic mass is 10.0. The lowest BCUT2D eigenvalue weighted by Crippen LogP contribution is -2.12. The van der Waals surface area contributed by atoms with Crippen LogP contribution in [0.3, 0.4) is 0 Å². The third-order valence-corrected chi connectivity index (χ3v) is 5.85. The van der Waals surface area contributed by atoms with Crippen LogP contribution in [0.4, 0.5) is 5.13 Å². The predicted octanol–water partition coefficient (Wildman–Crippen LogP) is 6.09. The van der Waals surface area contributed by atoms with Gasteiger partial charge in [0.25, 0.3) is 5.91 Å². The van der Waals surface area contributed by atoms with Crippen molar-refractivity contribution in [2.45, 2.75) is 0 Å². The van der Waals surface area contributed by atoms with E-state index < -0.39 is 0 Å². The third-order valence-electron chi connectivity index (χ3n) is 4.12. The molecule has 0 aliphatic carbocycles. The summed E-state index contributed by atoms with van der Waals surface area (Å²) in [4.78, 5) is 29.3. The lowest BCUT2D eigenvalue weighted by molar-refractivity contribution is 0.102. The van der Waals surface area contributed by atoms with Crippen molar-refractivity contribution < 1.29 is 9.59 Å². The molecule has 1 amide bonds. The zero-order valence-electron chi connectivity index (χ0n) is 14.3. The highest BCUT2D eigenvalue weighted by Crippen LogP contribution is 2.35. The van der Waals surface area contributed by atoms with Crippen molar-refractivity contribution in [1.82, 2.24) is 4.98 Å². The van der Waals surface area contributed by atoms with Crippen molar-refractivity contribution in [3.8, 4) is 0 Å². The summed E-state index contributed by atoms with van der Waals surface area (Å²) in [6.45, 7) is 0. The van der Waals surface area contributed by atoms with E-state index in [-0.39, 0.29) is 11.7 Å². The molecule has 1 N–H and O–H groups in total. The van der Waals surface area contributed by atoms with Crippen LogP contribution in [0, 0.1) is 0 Å². The first-order valence-corrected chi connectivity index (χ1v) is 9.86. The van der Waals surface area contributed by atoms with Crippen LogP contribution in [0.2, 0.25) is 10.0 Å². The van der Waals surface area contributed by atoms with Crippen molar-refractivity contribution >= 4 is 61.6 Å². The summed E-state index contributed by atoms with van der Waals surface area (Å²) in [6, 6.07) is 19.0. The van der Waals surface area contributed by atoms with Crippen LogP contribution in [0.5, 0.6) is 0 Å². The van der Waals surface area contributed by atoms with Gasteiger partial charge in [-0.1, -0.05) is 77.0 Å². The highest BCUT2D eigenvalue weighted by Gasteiger charge is 2.14. The first-order valence-electron chi connectivity index (χ1n) is 8.28. The molecule has 4 aromatic rings. The Morgan fingerprint density at radius 2 is 1.46 bits per heavy atom. The van der Waals surface area contributed by atoms with Crippen molar-refractivity contribution in [2.24, 2.45) is 0 Å². The maximum atomic E-state index is 12.5. The highest BCUT2D eigenvalue weighted by molar-refractivity contribution is 7.22. The SMILES string of the molecule is O=C(Nc1nc2c(Cl)c(Cl)ccc2s1)c1ccc(C(=O)c2ccccc2)cc1. The lowest BCUT2D eigenvalue weighted by Gasteiger charge is -2.04. The van der Waals surface area contributed by atoms with Crippen molar-refractivity contribution in [3.63, 3.8) is 0 Å². The summed E-state index contributed by atoms with van der Waals surface area (Å²) in [5.74, 6) is -0.412. The molecule has 1 heterocycles. The molecule has 28 heavy (non-hydrogen) atoms. The number of carbonyl (C=O) groups is 2. The van der Waals surface area contributed by atoms with Crippen LogP contribution in [0.1, 0.15) is 26.3 Å². The molecule has 0 saturated heterocycles. The average Bonchev–Trinajstić information content (AvgIpc) is 3.14. The fourth-order valence-electron chi connectivity index (χ4n) is 2.69. The summed E-state index contributed by atoms with van der Waals surface area (Å²) >= 11 is 13.5. The second-order valence-corrected chi connectivity index (χ2v) is 7.77. The van der Waals surface area contributed by atoms with Crippen LogP contribution in [-0.2, 0) is 0 Å². The molecule has 0 aliphatic heterocycles. The normalized spacial score (nSPS) is 10.8. The van der Waals surface area contributed by atoms with Gasteiger partial charge in [0, 0.05) is 16.7 Å². The summed E-state index contributed by atoms with van der Waals surface area (Å²) in [5, 5.41) is 3.95. The summed E-state index contributed by atoms with van der Waals surface area (Å²) in [6.07, 6.45) is 0. The van der Waals surface area contributed by atoms with E-state index >= 15 is 0 Å². The number of amides is 1. The molecule has 0 fully saturated rings. The minimum absolute atomic E-state index is 0.0924. The molecule has 0 unspecified atom stereocenters. The van der Waals surface area contributed by atoms with E-state index in [1.807, 2.05) is 18.2 Å². The van der Waals surface area contributed by atoms with Crippen LogP contribution >= 0.6 is 34.5 Å². The molecular weight excluding hydrogens is 415 g/mol. The third kappa shape index (κ3) is 3.64. The first kappa shape index (κ1) is 18.6. The van der Waals surface area contributed by atoms with E-state index in [1.165, 1.54) is 11.3 Å². The number of carbonyl (C=O) groups excluding carboxylic acids is 2. The van der Waals surface area contributed by atoms with E-state index in [0.717, 1.165) is 4.70 Å². The quantitative estimate of drug-likeness (QED) is 0.401. The molecule has 3 aromatic carbocycles. The Morgan fingerprint density at radius 1 is 0.821 bits per heavy atom. The highest BCUT2D eigenvalue weighted by atomic mass is 35.5. The minimum atomic E-state index is -0.319. The Hall–Kier alpha value is -2.73. The topological polar surface area (TPSA) is 59.1 Å². The molecule has 1 aromatic heterocycles. The fourth-order valence-corrected chi connectivity index (χ4v) is 3.97. The molecule has 7 heteroatoms. The van der Waals surface area contributed by atoms with Gasteiger partial charge < -0.3 is 0 Å². The number of rotatable bonds is 4. The number of fused-ring (bicyclic) bond motifs is 1. The number of ketones is 1. The van der Waals surface area contributed by atoms with Crippen LogP contribution < -0.4 is 5.32 Å². The first-order chi connectivity index (χ1) is 13.5. The largest absolute Gasteiger partial charge is 0.298 e. The van der Waals surface area contributed by atoms with Gasteiger partial charge in [-0.05, 0) is 24.3 Å². The number of thiazole rings is 1. The summed E-state index contributed by atoms with van der Waals surface area (Å²) < 4.78 is 0.827. The van der Waals surface area contributed by atoms with Crippen LogP contribution in [-0.4, -0.2) is 16.7 Å². The van der Waals surface area contributed by atoms with Crippen molar-refractivity contribution in [3.05, 3.63) is 93.5 Å². The van der Waals surface area contributed by atoms with E-state index in [0.29, 0.717) is 37.4 Å². The molecule has 0 radical (unpaired) electrons. The summed E-state index contributed by atoms with van der Waals surface area (Å²) in [5.41, 5.74) is 2.10. The number of anilines is 1. The maximum Gasteiger partial charge on any atom is 0.257 e. The second-order valence-electron chi connectivity index (χ2n) is 5.95. The fraction of sp³-hybridized carbons (Fsp3) is 0. The molecule has 0 atom stereocenters.